The second-order valence-electron chi connectivity index (χ2n) is 25.5. The van der Waals surface area contributed by atoms with Gasteiger partial charge in [0.05, 0.1) is 42.9 Å². The number of likely N-dealkylation sites (tertiary alicyclic amines) is 3. The third-order valence-electron chi connectivity index (χ3n) is 20.1. The molecule has 12 rings (SSSR count). The van der Waals surface area contributed by atoms with Crippen molar-refractivity contribution in [1.82, 2.24) is 14.7 Å². The van der Waals surface area contributed by atoms with Crippen LogP contribution < -0.4 is 14.2 Å². The number of methoxy groups -OCH3 is 3. The molecule has 2 unspecified atom stereocenters. The van der Waals surface area contributed by atoms with E-state index in [0.29, 0.717) is 16.7 Å². The van der Waals surface area contributed by atoms with Gasteiger partial charge in [0, 0.05) is 59.0 Å². The zero-order valence-corrected chi connectivity index (χ0v) is 55.8. The minimum Gasteiger partial charge on any atom is -0.497 e. The minimum absolute atomic E-state index is 0.114. The van der Waals surface area contributed by atoms with Crippen LogP contribution in [0.15, 0.2) is 188 Å². The molecule has 0 radical (unpaired) electrons. The second-order valence-corrected chi connectivity index (χ2v) is 29.6. The number of rotatable bonds is 18. The van der Waals surface area contributed by atoms with Crippen molar-refractivity contribution in [2.45, 2.75) is 182 Å². The van der Waals surface area contributed by atoms with Crippen LogP contribution in [0.5, 0.6) is 17.2 Å². The first-order valence-corrected chi connectivity index (χ1v) is 36.5. The number of nitrogens with zero attached hydrogens (tertiary/aromatic N) is 3. The zero-order chi connectivity index (χ0) is 61.9. The Labute approximate surface area is 542 Å². The Balaban J connectivity index is 0.000000147. The summed E-state index contributed by atoms with van der Waals surface area (Å²) in [7, 11) is 2.50. The van der Waals surface area contributed by atoms with E-state index in [4.69, 9.17) is 14.2 Å². The fourth-order valence-corrected chi connectivity index (χ4v) is 17.4. The largest absolute Gasteiger partial charge is 0.497 e. The topological polar surface area (TPSA) is 88.6 Å². The highest BCUT2D eigenvalue weighted by atomic mass is 32.2. The quantitative estimate of drug-likeness (QED) is 0.0775. The van der Waals surface area contributed by atoms with Gasteiger partial charge in [-0.05, 0) is 260 Å². The van der Waals surface area contributed by atoms with Gasteiger partial charge in [-0.3, -0.25) is 4.79 Å². The van der Waals surface area contributed by atoms with Crippen LogP contribution in [0, 0.1) is 17.8 Å². The van der Waals surface area contributed by atoms with Crippen LogP contribution in [-0.4, -0.2) is 108 Å². The maximum Gasteiger partial charge on any atom is 0.166 e. The van der Waals surface area contributed by atoms with E-state index in [1.807, 2.05) is 97.1 Å². The van der Waals surface area contributed by atoms with E-state index in [-0.39, 0.29) is 11.7 Å². The summed E-state index contributed by atoms with van der Waals surface area (Å²) in [6.45, 7) is 15.9. The summed E-state index contributed by atoms with van der Waals surface area (Å²) in [5.74, 6) is 3.96. The van der Waals surface area contributed by atoms with Crippen molar-refractivity contribution in [3.05, 3.63) is 175 Å². The Morgan fingerprint density at radius 2 is 0.618 bits per heavy atom. The van der Waals surface area contributed by atoms with Crippen LogP contribution in [0.1, 0.15) is 156 Å². The van der Waals surface area contributed by atoms with Crippen molar-refractivity contribution in [1.29, 1.82) is 0 Å². The van der Waals surface area contributed by atoms with E-state index < -0.39 is 21.6 Å². The standard InChI is InChI=1S/C26H33NO2S.C26H33NOS.C25H31NO3S/c1-20(22-16-18-27(19-17-22)23-6-4-3-5-7-23)21-8-12-25(13-9-21)30(28)26-14-10-24(29-2)11-15-26;1-20(22-16-18-27(19-17-22)23-6-4-3-5-7-23)21-8-12-25(13-9-21)29-26-14-10-24(28-2)11-15-26;1-29-22-9-13-24(14-10-22)30(28)23-11-7-19(8-12-23)25(27)20-15-17-26(18-16-20)21-5-3-2-4-6-21/h8-15,22-23H,1,3-7,16-19H2,2H3;8-15,22-23H,1,3-7,16-19H2,2H3;7-14,20-21H,2-6,15-18H2,1H3. The average Bonchev–Trinajstić information content (AvgIpc) is 2.94. The van der Waals surface area contributed by atoms with E-state index in [2.05, 4.69) is 76.4 Å². The van der Waals surface area contributed by atoms with Gasteiger partial charge in [0.2, 0.25) is 0 Å². The Morgan fingerprint density at radius 1 is 0.360 bits per heavy atom. The lowest BCUT2D eigenvalue weighted by Crippen LogP contribution is -2.43. The van der Waals surface area contributed by atoms with Crippen LogP contribution in [0.4, 0.5) is 0 Å². The highest BCUT2D eigenvalue weighted by molar-refractivity contribution is 7.99. The van der Waals surface area contributed by atoms with Crippen molar-refractivity contribution in [2.24, 2.45) is 17.8 Å². The normalized spacial score (nSPS) is 19.8. The predicted molar refractivity (Wildman–Crippen MR) is 368 cm³/mol. The number of ketones is 1. The number of allylic oxidation sites excluding steroid dienone is 2. The molecule has 89 heavy (non-hydrogen) atoms. The van der Waals surface area contributed by atoms with Crippen LogP contribution >= 0.6 is 11.8 Å². The lowest BCUT2D eigenvalue weighted by Gasteiger charge is -2.39. The molecule has 9 nitrogen and oxygen atoms in total. The van der Waals surface area contributed by atoms with Crippen LogP contribution in [0.2, 0.25) is 0 Å². The summed E-state index contributed by atoms with van der Waals surface area (Å²) in [5.41, 5.74) is 5.79. The van der Waals surface area contributed by atoms with Crippen molar-refractivity contribution in [2.75, 3.05) is 60.6 Å². The molecule has 3 heterocycles. The van der Waals surface area contributed by atoms with E-state index in [1.54, 1.807) is 33.1 Å². The molecule has 6 aromatic rings. The van der Waals surface area contributed by atoms with Crippen molar-refractivity contribution in [3.63, 3.8) is 0 Å². The van der Waals surface area contributed by atoms with Gasteiger partial charge < -0.3 is 28.9 Å². The summed E-state index contributed by atoms with van der Waals surface area (Å²) < 4.78 is 41.2. The third-order valence-corrected chi connectivity index (χ3v) is 23.9. The van der Waals surface area contributed by atoms with Gasteiger partial charge in [-0.1, -0.05) is 119 Å². The summed E-state index contributed by atoms with van der Waals surface area (Å²) in [5, 5.41) is 0. The van der Waals surface area contributed by atoms with Crippen molar-refractivity contribution >= 4 is 50.3 Å². The zero-order valence-electron chi connectivity index (χ0n) is 53.3. The molecule has 0 bridgehead atoms. The van der Waals surface area contributed by atoms with Crippen molar-refractivity contribution in [3.8, 4) is 17.2 Å². The summed E-state index contributed by atoms with van der Waals surface area (Å²) in [6, 6.07) is 49.8. The Bertz CT molecular complexity index is 3050. The van der Waals surface area contributed by atoms with Gasteiger partial charge in [0.15, 0.2) is 5.78 Å². The van der Waals surface area contributed by atoms with Gasteiger partial charge in [-0.2, -0.15) is 0 Å². The summed E-state index contributed by atoms with van der Waals surface area (Å²) >= 11 is 1.79. The molecule has 0 spiro atoms. The number of piperidine rings is 3. The molecule has 6 fully saturated rings. The van der Waals surface area contributed by atoms with E-state index in [1.165, 1.54) is 180 Å². The average molecular weight is 1260 g/mol. The summed E-state index contributed by atoms with van der Waals surface area (Å²) in [4.78, 5) is 26.6. The molecular formula is C77H97N3O6S3. The molecule has 3 saturated carbocycles. The molecule has 6 aromatic carbocycles. The lowest BCUT2D eigenvalue weighted by atomic mass is 9.84. The van der Waals surface area contributed by atoms with Gasteiger partial charge >= 0.3 is 0 Å². The monoisotopic (exact) mass is 1260 g/mol. The molecule has 0 aromatic heterocycles. The van der Waals surface area contributed by atoms with E-state index in [0.717, 1.165) is 81.6 Å². The number of hydrogen-bond acceptors (Lipinski definition) is 10. The van der Waals surface area contributed by atoms with Crippen LogP contribution in [0.25, 0.3) is 11.1 Å². The number of carbonyl (C=O) groups is 1. The number of hydrogen-bond donors (Lipinski definition) is 0. The Kier molecular flexibility index (Phi) is 25.1. The Morgan fingerprint density at radius 3 is 0.933 bits per heavy atom. The molecule has 3 aliphatic carbocycles. The molecule has 474 valence electrons. The molecule has 12 heteroatoms. The molecule has 0 N–H and O–H groups in total. The maximum atomic E-state index is 13.0. The number of carbonyl (C=O) groups excluding carboxylic acids is 1. The molecule has 0 amide bonds. The van der Waals surface area contributed by atoms with Gasteiger partial charge in [-0.25, -0.2) is 8.42 Å². The molecule has 2 atom stereocenters. The number of ether oxygens (including phenoxy) is 3. The first-order valence-electron chi connectivity index (χ1n) is 33.4. The predicted octanol–water partition coefficient (Wildman–Crippen LogP) is 17.9. The van der Waals surface area contributed by atoms with Crippen LogP contribution in [0.3, 0.4) is 0 Å². The fourth-order valence-electron chi connectivity index (χ4n) is 14.5. The summed E-state index contributed by atoms with van der Waals surface area (Å²) in [6.07, 6.45) is 27.7. The molecule has 3 aliphatic heterocycles. The molecule has 6 aliphatic rings. The number of benzene rings is 6. The van der Waals surface area contributed by atoms with Gasteiger partial charge in [0.25, 0.3) is 0 Å². The third kappa shape index (κ3) is 18.3. The van der Waals surface area contributed by atoms with Crippen molar-refractivity contribution < 1.29 is 27.4 Å². The first kappa shape index (κ1) is 66.3. The highest BCUT2D eigenvalue weighted by Gasteiger charge is 2.32. The lowest BCUT2D eigenvalue weighted by molar-refractivity contribution is 0.0747. The Hall–Kier alpha value is -5.60. The molecular weight excluding hydrogens is 1160 g/mol. The van der Waals surface area contributed by atoms with E-state index >= 15 is 0 Å². The van der Waals surface area contributed by atoms with E-state index in [9.17, 15) is 13.2 Å². The van der Waals surface area contributed by atoms with Gasteiger partial charge in [-0.15, -0.1) is 0 Å². The molecule has 3 saturated heterocycles. The van der Waals surface area contributed by atoms with Crippen LogP contribution in [-0.2, 0) is 21.6 Å². The number of Topliss-reactive ketones (excluding diaryl/α,β-unsaturated/α-hetero) is 1. The second kappa shape index (κ2) is 33.6. The minimum atomic E-state index is -1.26. The fraction of sp³-hybridized carbons (Fsp3) is 0.468. The highest BCUT2D eigenvalue weighted by Crippen LogP contribution is 2.38. The smallest absolute Gasteiger partial charge is 0.166 e. The maximum absolute atomic E-state index is 13.0. The van der Waals surface area contributed by atoms with Gasteiger partial charge in [0.1, 0.15) is 17.2 Å². The first-order chi connectivity index (χ1) is 43.5. The SMILES string of the molecule is C=C(c1ccc(S(=O)c2ccc(OC)cc2)cc1)C1CCN(C2CCCCC2)CC1.C=C(c1ccc(Sc2ccc(OC)cc2)cc1)C1CCN(C2CCCCC2)CC1.COc1ccc(S(=O)c2ccc(C(=O)C3CCN(C4CCCCC4)CC3)cc2)cc1.